The molecule has 0 unspecified atom stereocenters. The van der Waals surface area contributed by atoms with Crippen molar-refractivity contribution in [3.8, 4) is 28.3 Å². The lowest BCUT2D eigenvalue weighted by atomic mass is 9.85. The standard InChI is InChI=1S/C37H33N5O/c1-37(2,3)28-19-20-33(27-11-5-4-6-12-27)36(23-28)41-26-40(34-17-7-8-18-35(34)41)29-13-9-15-31(24-29)43-32-16-10-14-30(25-32)42-38-21-22-39-42/h4-25H,26H2,1-3H3. The monoisotopic (exact) mass is 563 g/mol. The first-order valence-electron chi connectivity index (χ1n) is 14.5. The summed E-state index contributed by atoms with van der Waals surface area (Å²) in [4.78, 5) is 6.36. The zero-order chi connectivity index (χ0) is 29.4. The Bertz CT molecular complexity index is 1880. The summed E-state index contributed by atoms with van der Waals surface area (Å²) < 4.78 is 6.34. The SMILES string of the molecule is CC(C)(C)c1ccc(-c2ccccc2)c(N2CN(c3cccc(Oc4cccc(-n5nccn5)c4)c3)c3ccccc32)c1. The lowest BCUT2D eigenvalue weighted by molar-refractivity contribution is 0.482. The van der Waals surface area contributed by atoms with Crippen molar-refractivity contribution in [1.82, 2.24) is 15.0 Å². The summed E-state index contributed by atoms with van der Waals surface area (Å²) in [6.07, 6.45) is 3.33. The van der Waals surface area contributed by atoms with E-state index in [0.717, 1.165) is 28.6 Å². The van der Waals surface area contributed by atoms with Crippen LogP contribution >= 0.6 is 0 Å². The number of hydrogen-bond acceptors (Lipinski definition) is 5. The van der Waals surface area contributed by atoms with Gasteiger partial charge in [0.1, 0.15) is 18.2 Å². The topological polar surface area (TPSA) is 46.4 Å². The average Bonchev–Trinajstić information content (AvgIpc) is 3.70. The fraction of sp³-hybridized carbons (Fsp3) is 0.135. The van der Waals surface area contributed by atoms with Crippen molar-refractivity contribution in [2.24, 2.45) is 0 Å². The quantitative estimate of drug-likeness (QED) is 0.202. The Labute approximate surface area is 252 Å². The number of rotatable bonds is 6. The highest BCUT2D eigenvalue weighted by Crippen LogP contribution is 2.48. The Morgan fingerprint density at radius 2 is 1.21 bits per heavy atom. The molecule has 43 heavy (non-hydrogen) atoms. The molecule has 0 aliphatic carbocycles. The molecule has 2 heterocycles. The van der Waals surface area contributed by atoms with Gasteiger partial charge in [-0.1, -0.05) is 87.5 Å². The molecule has 0 N–H and O–H groups in total. The second-order valence-corrected chi connectivity index (χ2v) is 11.7. The highest BCUT2D eigenvalue weighted by Gasteiger charge is 2.30. The van der Waals surface area contributed by atoms with Crippen LogP contribution in [-0.2, 0) is 5.41 Å². The average molecular weight is 564 g/mol. The van der Waals surface area contributed by atoms with Gasteiger partial charge in [-0.25, -0.2) is 0 Å². The van der Waals surface area contributed by atoms with Gasteiger partial charge in [0.05, 0.1) is 35.1 Å². The summed E-state index contributed by atoms with van der Waals surface area (Å²) >= 11 is 0. The highest BCUT2D eigenvalue weighted by molar-refractivity contribution is 5.92. The maximum Gasteiger partial charge on any atom is 0.129 e. The van der Waals surface area contributed by atoms with Crippen molar-refractivity contribution >= 4 is 22.7 Å². The van der Waals surface area contributed by atoms with Crippen molar-refractivity contribution in [2.75, 3.05) is 16.5 Å². The molecule has 0 fully saturated rings. The van der Waals surface area contributed by atoms with Crippen molar-refractivity contribution in [2.45, 2.75) is 26.2 Å². The number of fused-ring (bicyclic) bond motifs is 1. The van der Waals surface area contributed by atoms with Crippen LogP contribution < -0.4 is 14.5 Å². The van der Waals surface area contributed by atoms with E-state index in [1.807, 2.05) is 36.4 Å². The molecule has 6 nitrogen and oxygen atoms in total. The Morgan fingerprint density at radius 1 is 0.581 bits per heavy atom. The van der Waals surface area contributed by atoms with E-state index in [4.69, 9.17) is 4.74 Å². The maximum absolute atomic E-state index is 6.34. The molecule has 1 aliphatic rings. The van der Waals surface area contributed by atoms with E-state index >= 15 is 0 Å². The third kappa shape index (κ3) is 5.24. The molecule has 0 spiro atoms. The second kappa shape index (κ2) is 10.8. The van der Waals surface area contributed by atoms with Crippen LogP contribution in [0.3, 0.4) is 0 Å². The summed E-state index contributed by atoms with van der Waals surface area (Å²) in [5.41, 5.74) is 9.19. The highest BCUT2D eigenvalue weighted by atomic mass is 16.5. The number of aromatic nitrogens is 3. The Hall–Kier alpha value is -5.36. The smallest absolute Gasteiger partial charge is 0.129 e. The predicted molar refractivity (Wildman–Crippen MR) is 174 cm³/mol. The van der Waals surface area contributed by atoms with Gasteiger partial charge in [-0.2, -0.15) is 15.0 Å². The first-order valence-corrected chi connectivity index (χ1v) is 14.5. The molecule has 0 saturated carbocycles. The van der Waals surface area contributed by atoms with Crippen LogP contribution in [0.1, 0.15) is 26.3 Å². The van der Waals surface area contributed by atoms with E-state index < -0.39 is 0 Å². The lowest BCUT2D eigenvalue weighted by Gasteiger charge is -2.27. The normalized spacial score (nSPS) is 12.8. The number of nitrogens with zero attached hydrogens (tertiary/aromatic N) is 5. The Kier molecular flexibility index (Phi) is 6.67. The third-order valence-electron chi connectivity index (χ3n) is 7.82. The molecular formula is C37H33N5O. The molecule has 6 aromatic rings. The number of ether oxygens (including phenoxy) is 1. The minimum absolute atomic E-state index is 0.0271. The number of hydrogen-bond donors (Lipinski definition) is 0. The van der Waals surface area contributed by atoms with E-state index in [2.05, 4.69) is 126 Å². The van der Waals surface area contributed by atoms with Crippen molar-refractivity contribution in [3.05, 3.63) is 139 Å². The van der Waals surface area contributed by atoms with Gasteiger partial charge in [-0.3, -0.25) is 0 Å². The summed E-state index contributed by atoms with van der Waals surface area (Å²) in [7, 11) is 0. The van der Waals surface area contributed by atoms with Crippen LogP contribution in [-0.4, -0.2) is 21.7 Å². The molecule has 7 rings (SSSR count). The minimum atomic E-state index is 0.0271. The van der Waals surface area contributed by atoms with Crippen molar-refractivity contribution in [1.29, 1.82) is 0 Å². The molecular weight excluding hydrogens is 530 g/mol. The summed E-state index contributed by atoms with van der Waals surface area (Å²) in [6.45, 7) is 7.48. The van der Waals surface area contributed by atoms with Crippen LogP contribution in [0, 0.1) is 0 Å². The van der Waals surface area contributed by atoms with Crippen LogP contribution in [0.4, 0.5) is 22.7 Å². The largest absolute Gasteiger partial charge is 0.457 e. The van der Waals surface area contributed by atoms with E-state index in [1.54, 1.807) is 17.2 Å². The first-order chi connectivity index (χ1) is 20.9. The number of anilines is 4. The Morgan fingerprint density at radius 3 is 1.91 bits per heavy atom. The zero-order valence-electron chi connectivity index (χ0n) is 24.6. The molecule has 0 saturated heterocycles. The molecule has 1 aromatic heterocycles. The lowest BCUT2D eigenvalue weighted by Crippen LogP contribution is -2.25. The van der Waals surface area contributed by atoms with Gasteiger partial charge in [0, 0.05) is 23.4 Å². The summed E-state index contributed by atoms with van der Waals surface area (Å²) in [5, 5.41) is 8.47. The van der Waals surface area contributed by atoms with Crippen LogP contribution in [0.5, 0.6) is 11.5 Å². The number of para-hydroxylation sites is 2. The van der Waals surface area contributed by atoms with Crippen molar-refractivity contribution < 1.29 is 4.74 Å². The van der Waals surface area contributed by atoms with Crippen LogP contribution in [0.15, 0.2) is 134 Å². The zero-order valence-corrected chi connectivity index (χ0v) is 24.6. The van der Waals surface area contributed by atoms with E-state index in [-0.39, 0.29) is 5.41 Å². The van der Waals surface area contributed by atoms with Crippen LogP contribution in [0.2, 0.25) is 0 Å². The fourth-order valence-corrected chi connectivity index (χ4v) is 5.60. The molecule has 0 amide bonds. The molecule has 0 radical (unpaired) electrons. The van der Waals surface area contributed by atoms with Gasteiger partial charge in [-0.05, 0) is 59.0 Å². The fourth-order valence-electron chi connectivity index (χ4n) is 5.60. The minimum Gasteiger partial charge on any atom is -0.457 e. The van der Waals surface area contributed by atoms with E-state index in [1.165, 1.54) is 28.1 Å². The van der Waals surface area contributed by atoms with Crippen LogP contribution in [0.25, 0.3) is 16.8 Å². The molecule has 1 aliphatic heterocycles. The molecule has 212 valence electrons. The van der Waals surface area contributed by atoms with Crippen molar-refractivity contribution in [3.63, 3.8) is 0 Å². The predicted octanol–water partition coefficient (Wildman–Crippen LogP) is 9.27. The molecule has 6 heteroatoms. The molecule has 0 atom stereocenters. The van der Waals surface area contributed by atoms with Gasteiger partial charge in [0.2, 0.25) is 0 Å². The first kappa shape index (κ1) is 26.5. The van der Waals surface area contributed by atoms with Gasteiger partial charge in [0.15, 0.2) is 0 Å². The maximum atomic E-state index is 6.34. The van der Waals surface area contributed by atoms with Gasteiger partial charge < -0.3 is 14.5 Å². The molecule has 5 aromatic carbocycles. The third-order valence-corrected chi connectivity index (χ3v) is 7.82. The van der Waals surface area contributed by atoms with E-state index in [9.17, 15) is 0 Å². The summed E-state index contributed by atoms with van der Waals surface area (Å²) in [6, 6.07) is 42.2. The number of benzene rings is 5. The van der Waals surface area contributed by atoms with E-state index in [0.29, 0.717) is 6.67 Å². The van der Waals surface area contributed by atoms with Gasteiger partial charge >= 0.3 is 0 Å². The van der Waals surface area contributed by atoms with Gasteiger partial charge in [0.25, 0.3) is 0 Å². The summed E-state index contributed by atoms with van der Waals surface area (Å²) in [5.74, 6) is 1.49. The van der Waals surface area contributed by atoms with Gasteiger partial charge in [-0.15, -0.1) is 0 Å². The molecule has 0 bridgehead atoms. The Balaban J connectivity index is 1.25. The second-order valence-electron chi connectivity index (χ2n) is 11.7.